The zero-order valence-electron chi connectivity index (χ0n) is 10.6. The molecule has 1 aromatic heterocycles. The topological polar surface area (TPSA) is 47.3 Å². The van der Waals surface area contributed by atoms with Gasteiger partial charge in [-0.15, -0.1) is 0 Å². The van der Waals surface area contributed by atoms with Crippen molar-refractivity contribution in [2.45, 2.75) is 19.6 Å². The van der Waals surface area contributed by atoms with E-state index in [0.717, 1.165) is 4.47 Å². The first kappa shape index (κ1) is 14.4. The number of hydrogen-bond acceptors (Lipinski definition) is 3. The lowest BCUT2D eigenvalue weighted by Crippen LogP contribution is -2.10. The van der Waals surface area contributed by atoms with Gasteiger partial charge in [0.05, 0.1) is 18.3 Å². The van der Waals surface area contributed by atoms with Crippen LogP contribution in [0.3, 0.4) is 0 Å². The van der Waals surface area contributed by atoms with E-state index in [1.807, 2.05) is 19.1 Å². The average molecular weight is 346 g/mol. The van der Waals surface area contributed by atoms with Gasteiger partial charge in [0, 0.05) is 16.6 Å². The van der Waals surface area contributed by atoms with Gasteiger partial charge in [-0.25, -0.2) is 0 Å². The van der Waals surface area contributed by atoms with Gasteiger partial charge in [-0.1, -0.05) is 23.7 Å². The van der Waals surface area contributed by atoms with Crippen molar-refractivity contribution in [3.63, 3.8) is 0 Å². The molecule has 0 radical (unpaired) electrons. The predicted molar refractivity (Wildman–Crippen MR) is 77.7 cm³/mol. The number of aliphatic hydroxyl groups is 1. The van der Waals surface area contributed by atoms with Gasteiger partial charge in [0.2, 0.25) is 0 Å². The summed E-state index contributed by atoms with van der Waals surface area (Å²) in [7, 11) is 1.55. The fraction of sp³-hybridized carbons (Fsp3) is 0.308. The van der Waals surface area contributed by atoms with Crippen LogP contribution in [0.1, 0.15) is 24.3 Å². The third-order valence-electron chi connectivity index (χ3n) is 2.90. The smallest absolute Gasteiger partial charge is 0.163 e. The Morgan fingerprint density at radius 2 is 2.26 bits per heavy atom. The second-order valence-corrected chi connectivity index (χ2v) is 5.19. The fourth-order valence-electron chi connectivity index (χ4n) is 1.94. The van der Waals surface area contributed by atoms with Gasteiger partial charge in [-0.2, -0.15) is 5.10 Å². The maximum Gasteiger partial charge on any atom is 0.163 e. The molecule has 19 heavy (non-hydrogen) atoms. The number of rotatable bonds is 4. The quantitative estimate of drug-likeness (QED) is 0.924. The molecule has 0 aliphatic carbocycles. The highest BCUT2D eigenvalue weighted by Gasteiger charge is 2.23. The Labute approximate surface area is 125 Å². The molecule has 1 unspecified atom stereocenters. The lowest BCUT2D eigenvalue weighted by atomic mass is 10.1. The Morgan fingerprint density at radius 3 is 2.89 bits per heavy atom. The fourth-order valence-corrected chi connectivity index (χ4v) is 2.55. The van der Waals surface area contributed by atoms with E-state index < -0.39 is 6.10 Å². The number of aromatic nitrogens is 2. The number of halogens is 2. The average Bonchev–Trinajstić information content (AvgIpc) is 2.84. The van der Waals surface area contributed by atoms with Gasteiger partial charge in [0.15, 0.2) is 5.75 Å². The van der Waals surface area contributed by atoms with Gasteiger partial charge in [0.1, 0.15) is 11.8 Å². The summed E-state index contributed by atoms with van der Waals surface area (Å²) >= 11 is 9.57. The van der Waals surface area contributed by atoms with Crippen LogP contribution in [0.5, 0.6) is 5.75 Å². The van der Waals surface area contributed by atoms with E-state index in [-0.39, 0.29) is 0 Å². The largest absolute Gasteiger partial charge is 0.493 e. The second-order valence-electron chi connectivity index (χ2n) is 3.96. The summed E-state index contributed by atoms with van der Waals surface area (Å²) in [5, 5.41) is 15.2. The molecule has 1 atom stereocenters. The molecule has 0 spiro atoms. The third kappa shape index (κ3) is 2.63. The number of aryl methyl sites for hydroxylation is 1. The van der Waals surface area contributed by atoms with E-state index in [0.29, 0.717) is 28.6 Å². The molecule has 0 saturated heterocycles. The molecule has 1 heterocycles. The van der Waals surface area contributed by atoms with Gasteiger partial charge in [-0.3, -0.25) is 4.68 Å². The molecule has 0 amide bonds. The van der Waals surface area contributed by atoms with Crippen LogP contribution in [-0.4, -0.2) is 22.0 Å². The molecule has 0 aliphatic rings. The Bertz CT molecular complexity index is 565. The normalized spacial score (nSPS) is 12.5. The first-order valence-corrected chi connectivity index (χ1v) is 6.98. The summed E-state index contributed by atoms with van der Waals surface area (Å²) < 4.78 is 7.68. The molecule has 0 bridgehead atoms. The SMILES string of the molecule is CCn1ncc(OC)c1C(O)c1cccc(Br)c1Cl. The lowest BCUT2D eigenvalue weighted by Gasteiger charge is -2.16. The van der Waals surface area contributed by atoms with Gasteiger partial charge < -0.3 is 9.84 Å². The summed E-state index contributed by atoms with van der Waals surface area (Å²) in [4.78, 5) is 0. The number of nitrogens with zero attached hydrogens (tertiary/aromatic N) is 2. The van der Waals surface area contributed by atoms with E-state index in [1.165, 1.54) is 0 Å². The van der Waals surface area contributed by atoms with Crippen molar-refractivity contribution in [2.24, 2.45) is 0 Å². The molecule has 6 heteroatoms. The van der Waals surface area contributed by atoms with Crippen LogP contribution in [-0.2, 0) is 6.54 Å². The minimum absolute atomic E-state index is 0.487. The number of aliphatic hydroxyl groups excluding tert-OH is 1. The van der Waals surface area contributed by atoms with E-state index in [2.05, 4.69) is 21.0 Å². The van der Waals surface area contributed by atoms with Crippen molar-refractivity contribution >= 4 is 27.5 Å². The molecule has 0 fully saturated rings. The molecule has 2 rings (SSSR count). The van der Waals surface area contributed by atoms with Crippen molar-refractivity contribution in [3.05, 3.63) is 45.1 Å². The molecule has 0 aliphatic heterocycles. The predicted octanol–water partition coefficient (Wildman–Crippen LogP) is 3.41. The number of ether oxygens (including phenoxy) is 1. The van der Waals surface area contributed by atoms with Crippen molar-refractivity contribution in [2.75, 3.05) is 7.11 Å². The Balaban J connectivity index is 2.52. The van der Waals surface area contributed by atoms with Crippen LogP contribution in [0.4, 0.5) is 0 Å². The summed E-state index contributed by atoms with van der Waals surface area (Å²) in [5.74, 6) is 0.547. The zero-order valence-corrected chi connectivity index (χ0v) is 12.9. The minimum atomic E-state index is -0.887. The van der Waals surface area contributed by atoms with Crippen LogP contribution in [0, 0.1) is 0 Å². The van der Waals surface area contributed by atoms with E-state index in [4.69, 9.17) is 16.3 Å². The molecule has 1 N–H and O–H groups in total. The summed E-state index contributed by atoms with van der Waals surface area (Å²) in [6, 6.07) is 5.44. The van der Waals surface area contributed by atoms with Crippen LogP contribution in [0.15, 0.2) is 28.9 Å². The highest BCUT2D eigenvalue weighted by Crippen LogP contribution is 2.36. The van der Waals surface area contributed by atoms with E-state index in [1.54, 1.807) is 24.1 Å². The van der Waals surface area contributed by atoms with Crippen LogP contribution >= 0.6 is 27.5 Å². The van der Waals surface area contributed by atoms with Crippen molar-refractivity contribution in [3.8, 4) is 5.75 Å². The monoisotopic (exact) mass is 344 g/mol. The standard InChI is InChI=1S/C13H14BrClN2O2/c1-3-17-12(10(19-2)7-16-17)13(18)8-5-4-6-9(14)11(8)15/h4-7,13,18H,3H2,1-2H3. The van der Waals surface area contributed by atoms with Gasteiger partial charge in [-0.05, 0) is 28.9 Å². The number of hydrogen-bond donors (Lipinski definition) is 1. The highest BCUT2D eigenvalue weighted by atomic mass is 79.9. The van der Waals surface area contributed by atoms with Crippen molar-refractivity contribution in [1.29, 1.82) is 0 Å². The molecule has 2 aromatic rings. The Morgan fingerprint density at radius 1 is 1.53 bits per heavy atom. The first-order valence-electron chi connectivity index (χ1n) is 5.81. The minimum Gasteiger partial charge on any atom is -0.493 e. The van der Waals surface area contributed by atoms with Crippen molar-refractivity contribution in [1.82, 2.24) is 9.78 Å². The number of benzene rings is 1. The third-order valence-corrected chi connectivity index (χ3v) is 4.21. The lowest BCUT2D eigenvalue weighted by molar-refractivity contribution is 0.202. The Kier molecular flexibility index (Phi) is 4.50. The van der Waals surface area contributed by atoms with Gasteiger partial charge >= 0.3 is 0 Å². The summed E-state index contributed by atoms with van der Waals surface area (Å²) in [5.41, 5.74) is 1.22. The molecular weight excluding hydrogens is 332 g/mol. The maximum absolute atomic E-state index is 10.6. The van der Waals surface area contributed by atoms with Crippen molar-refractivity contribution < 1.29 is 9.84 Å². The second kappa shape index (κ2) is 5.94. The first-order chi connectivity index (χ1) is 9.10. The summed E-state index contributed by atoms with van der Waals surface area (Å²) in [6.45, 7) is 2.59. The number of methoxy groups -OCH3 is 1. The molecule has 1 aromatic carbocycles. The van der Waals surface area contributed by atoms with Crippen LogP contribution < -0.4 is 4.74 Å². The van der Waals surface area contributed by atoms with Crippen LogP contribution in [0.25, 0.3) is 0 Å². The van der Waals surface area contributed by atoms with Crippen LogP contribution in [0.2, 0.25) is 5.02 Å². The molecule has 0 saturated carbocycles. The molecule has 102 valence electrons. The van der Waals surface area contributed by atoms with E-state index in [9.17, 15) is 5.11 Å². The zero-order chi connectivity index (χ0) is 14.0. The molecule has 4 nitrogen and oxygen atoms in total. The van der Waals surface area contributed by atoms with E-state index >= 15 is 0 Å². The summed E-state index contributed by atoms with van der Waals surface area (Å²) in [6.07, 6.45) is 0.705. The Hall–Kier alpha value is -1.04. The highest BCUT2D eigenvalue weighted by molar-refractivity contribution is 9.10. The van der Waals surface area contributed by atoms with Gasteiger partial charge in [0.25, 0.3) is 0 Å². The molecular formula is C13H14BrClN2O2. The maximum atomic E-state index is 10.6.